The fourth-order valence-corrected chi connectivity index (χ4v) is 1.83. The number of nitrogens with zero attached hydrogens (tertiary/aromatic N) is 1. The molecule has 0 aliphatic carbocycles. The SMILES string of the molecule is NCc1c(Cl)cccc1Oc1cc(C(F)(F)F)ccn1. The zero-order valence-electron chi connectivity index (χ0n) is 10.1. The Labute approximate surface area is 118 Å². The van der Waals surface area contributed by atoms with E-state index in [1.807, 2.05) is 0 Å². The number of hydrogen-bond acceptors (Lipinski definition) is 3. The second kappa shape index (κ2) is 5.68. The molecule has 7 heteroatoms. The minimum absolute atomic E-state index is 0.105. The molecule has 20 heavy (non-hydrogen) atoms. The van der Waals surface area contributed by atoms with Crippen LogP contribution in [-0.2, 0) is 12.7 Å². The molecule has 0 bridgehead atoms. The van der Waals surface area contributed by atoms with Gasteiger partial charge in [-0.3, -0.25) is 0 Å². The molecule has 0 fully saturated rings. The number of pyridine rings is 1. The van der Waals surface area contributed by atoms with Gasteiger partial charge in [-0.2, -0.15) is 13.2 Å². The van der Waals surface area contributed by atoms with Crippen LogP contribution in [0, 0.1) is 0 Å². The second-order valence-corrected chi connectivity index (χ2v) is 4.31. The number of rotatable bonds is 3. The molecule has 2 N–H and O–H groups in total. The number of nitrogens with two attached hydrogens (primary N) is 1. The molecule has 0 saturated heterocycles. The van der Waals surface area contributed by atoms with E-state index in [1.54, 1.807) is 18.2 Å². The van der Waals surface area contributed by atoms with Gasteiger partial charge in [0.2, 0.25) is 5.88 Å². The van der Waals surface area contributed by atoms with Gasteiger partial charge >= 0.3 is 6.18 Å². The molecule has 0 radical (unpaired) electrons. The number of ether oxygens (including phenoxy) is 1. The first-order valence-electron chi connectivity index (χ1n) is 5.60. The number of benzene rings is 1. The highest BCUT2D eigenvalue weighted by atomic mass is 35.5. The van der Waals surface area contributed by atoms with Crippen LogP contribution in [0.5, 0.6) is 11.6 Å². The van der Waals surface area contributed by atoms with E-state index in [9.17, 15) is 13.2 Å². The summed E-state index contributed by atoms with van der Waals surface area (Å²) in [6.45, 7) is 0.105. The van der Waals surface area contributed by atoms with Gasteiger partial charge in [-0.1, -0.05) is 17.7 Å². The summed E-state index contributed by atoms with van der Waals surface area (Å²) in [5, 5.41) is 0.386. The quantitative estimate of drug-likeness (QED) is 0.932. The van der Waals surface area contributed by atoms with Crippen LogP contribution in [0.25, 0.3) is 0 Å². The van der Waals surface area contributed by atoms with Gasteiger partial charge < -0.3 is 10.5 Å². The minimum atomic E-state index is -4.45. The van der Waals surface area contributed by atoms with Gasteiger partial charge in [0.1, 0.15) is 5.75 Å². The van der Waals surface area contributed by atoms with Crippen molar-refractivity contribution in [1.29, 1.82) is 0 Å². The average molecular weight is 303 g/mol. The predicted molar refractivity (Wildman–Crippen MR) is 68.7 cm³/mol. The van der Waals surface area contributed by atoms with Crippen molar-refractivity contribution in [2.75, 3.05) is 0 Å². The summed E-state index contributed by atoms with van der Waals surface area (Å²) in [4.78, 5) is 3.75. The molecule has 0 unspecified atom stereocenters. The van der Waals surface area contributed by atoms with E-state index in [4.69, 9.17) is 22.1 Å². The monoisotopic (exact) mass is 302 g/mol. The average Bonchev–Trinajstić information content (AvgIpc) is 2.38. The van der Waals surface area contributed by atoms with E-state index in [0.717, 1.165) is 18.3 Å². The van der Waals surface area contributed by atoms with Crippen LogP contribution in [0.4, 0.5) is 13.2 Å². The highest BCUT2D eigenvalue weighted by Crippen LogP contribution is 2.33. The topological polar surface area (TPSA) is 48.1 Å². The zero-order chi connectivity index (χ0) is 14.8. The van der Waals surface area contributed by atoms with Crippen LogP contribution in [-0.4, -0.2) is 4.98 Å². The Bertz CT molecular complexity index is 617. The van der Waals surface area contributed by atoms with E-state index in [-0.39, 0.29) is 18.2 Å². The standard InChI is InChI=1S/C13H10ClF3N2O/c14-10-2-1-3-11(9(10)7-18)20-12-6-8(4-5-19-12)13(15,16)17/h1-6H,7,18H2. The lowest BCUT2D eigenvalue weighted by atomic mass is 10.2. The Balaban J connectivity index is 2.34. The van der Waals surface area contributed by atoms with Gasteiger partial charge in [0.05, 0.1) is 5.56 Å². The van der Waals surface area contributed by atoms with Crippen molar-refractivity contribution in [3.63, 3.8) is 0 Å². The summed E-state index contributed by atoms with van der Waals surface area (Å²) in [5.74, 6) is 0.114. The highest BCUT2D eigenvalue weighted by Gasteiger charge is 2.31. The molecule has 1 heterocycles. The first kappa shape index (κ1) is 14.6. The van der Waals surface area contributed by atoms with Gasteiger partial charge in [0, 0.05) is 29.4 Å². The molecule has 0 spiro atoms. The van der Waals surface area contributed by atoms with Crippen molar-refractivity contribution in [1.82, 2.24) is 4.98 Å². The summed E-state index contributed by atoms with van der Waals surface area (Å²) < 4.78 is 43.1. The van der Waals surface area contributed by atoms with E-state index < -0.39 is 11.7 Å². The smallest absolute Gasteiger partial charge is 0.416 e. The maximum Gasteiger partial charge on any atom is 0.416 e. The molecule has 106 valence electrons. The highest BCUT2D eigenvalue weighted by molar-refractivity contribution is 6.31. The summed E-state index contributed by atoms with van der Waals surface area (Å²) in [6.07, 6.45) is -3.42. The van der Waals surface area contributed by atoms with Crippen molar-refractivity contribution in [3.05, 3.63) is 52.7 Å². The van der Waals surface area contributed by atoms with E-state index in [1.165, 1.54) is 0 Å². The van der Waals surface area contributed by atoms with E-state index in [2.05, 4.69) is 4.98 Å². The maximum atomic E-state index is 12.6. The molecule has 2 aromatic rings. The molecule has 1 aromatic carbocycles. The lowest BCUT2D eigenvalue weighted by molar-refractivity contribution is -0.137. The maximum absolute atomic E-state index is 12.6. The minimum Gasteiger partial charge on any atom is -0.439 e. The largest absolute Gasteiger partial charge is 0.439 e. The zero-order valence-corrected chi connectivity index (χ0v) is 10.9. The molecule has 0 aliphatic heterocycles. The molecule has 0 saturated carbocycles. The summed E-state index contributed by atoms with van der Waals surface area (Å²) in [5.41, 5.74) is 5.21. The molecular weight excluding hydrogens is 293 g/mol. The summed E-state index contributed by atoms with van der Waals surface area (Å²) in [6, 6.07) is 6.49. The third-order valence-corrected chi connectivity index (χ3v) is 2.91. The Morgan fingerprint density at radius 3 is 2.65 bits per heavy atom. The lowest BCUT2D eigenvalue weighted by Gasteiger charge is -2.12. The van der Waals surface area contributed by atoms with Crippen LogP contribution < -0.4 is 10.5 Å². The first-order chi connectivity index (χ1) is 9.41. The van der Waals surface area contributed by atoms with Gasteiger partial charge in [0.25, 0.3) is 0 Å². The molecular formula is C13H10ClF3N2O. The van der Waals surface area contributed by atoms with Gasteiger partial charge in [-0.05, 0) is 18.2 Å². The second-order valence-electron chi connectivity index (χ2n) is 3.90. The normalized spacial score (nSPS) is 11.4. The van der Waals surface area contributed by atoms with Crippen molar-refractivity contribution >= 4 is 11.6 Å². The Morgan fingerprint density at radius 2 is 2.00 bits per heavy atom. The molecule has 2 rings (SSSR count). The lowest BCUT2D eigenvalue weighted by Crippen LogP contribution is -2.06. The van der Waals surface area contributed by atoms with E-state index >= 15 is 0 Å². The van der Waals surface area contributed by atoms with Crippen LogP contribution in [0.3, 0.4) is 0 Å². The number of hydrogen-bond donors (Lipinski definition) is 1. The molecule has 0 aliphatic rings. The third kappa shape index (κ3) is 3.20. The first-order valence-corrected chi connectivity index (χ1v) is 5.98. The van der Waals surface area contributed by atoms with Crippen LogP contribution in [0.15, 0.2) is 36.5 Å². The number of alkyl halides is 3. The van der Waals surface area contributed by atoms with Crippen molar-refractivity contribution in [2.24, 2.45) is 5.73 Å². The van der Waals surface area contributed by atoms with Crippen LogP contribution >= 0.6 is 11.6 Å². The Morgan fingerprint density at radius 1 is 1.25 bits per heavy atom. The van der Waals surface area contributed by atoms with Crippen molar-refractivity contribution in [3.8, 4) is 11.6 Å². The fourth-order valence-electron chi connectivity index (χ4n) is 1.59. The molecule has 0 atom stereocenters. The third-order valence-electron chi connectivity index (χ3n) is 2.56. The number of aromatic nitrogens is 1. The Kier molecular flexibility index (Phi) is 4.15. The summed E-state index contributed by atoms with van der Waals surface area (Å²) in [7, 11) is 0. The summed E-state index contributed by atoms with van der Waals surface area (Å²) >= 11 is 5.94. The van der Waals surface area contributed by atoms with Crippen LogP contribution in [0.2, 0.25) is 5.02 Å². The molecule has 1 aromatic heterocycles. The Hall–Kier alpha value is -1.79. The molecule has 0 amide bonds. The van der Waals surface area contributed by atoms with E-state index in [0.29, 0.717) is 10.6 Å². The predicted octanol–water partition coefficient (Wildman–Crippen LogP) is 4.00. The van der Waals surface area contributed by atoms with Gasteiger partial charge in [-0.25, -0.2) is 4.98 Å². The van der Waals surface area contributed by atoms with Crippen molar-refractivity contribution in [2.45, 2.75) is 12.7 Å². The van der Waals surface area contributed by atoms with Crippen LogP contribution in [0.1, 0.15) is 11.1 Å². The van der Waals surface area contributed by atoms with Crippen molar-refractivity contribution < 1.29 is 17.9 Å². The fraction of sp³-hybridized carbons (Fsp3) is 0.154. The van der Waals surface area contributed by atoms with Gasteiger partial charge in [-0.15, -0.1) is 0 Å². The van der Waals surface area contributed by atoms with Gasteiger partial charge in [0.15, 0.2) is 0 Å². The molecule has 3 nitrogen and oxygen atoms in total. The number of halogens is 4.